The van der Waals surface area contributed by atoms with Crippen molar-refractivity contribution in [2.24, 2.45) is 0 Å². The molecule has 0 fully saturated rings. The predicted octanol–water partition coefficient (Wildman–Crippen LogP) is 1.92. The summed E-state index contributed by atoms with van der Waals surface area (Å²) >= 11 is 0. The van der Waals surface area contributed by atoms with Crippen molar-refractivity contribution >= 4 is 21.4 Å². The highest BCUT2D eigenvalue weighted by molar-refractivity contribution is 7.90. The van der Waals surface area contributed by atoms with Crippen molar-refractivity contribution in [3.05, 3.63) is 66.7 Å². The molecule has 0 aliphatic heterocycles. The Morgan fingerprint density at radius 1 is 1.04 bits per heavy atom. The first-order valence-corrected chi connectivity index (χ1v) is 8.89. The molecule has 24 heavy (non-hydrogen) atoms. The Balaban J connectivity index is 1.73. The fraction of sp³-hybridized carbons (Fsp3) is 0.0625. The minimum Gasteiger partial charge on any atom is -0.322 e. The van der Waals surface area contributed by atoms with E-state index in [9.17, 15) is 13.2 Å². The summed E-state index contributed by atoms with van der Waals surface area (Å²) in [6.07, 6.45) is 4.14. The lowest BCUT2D eigenvalue weighted by Gasteiger charge is -2.07. The summed E-state index contributed by atoms with van der Waals surface area (Å²) in [7, 11) is -3.25. The van der Waals surface area contributed by atoms with Crippen LogP contribution in [0.5, 0.6) is 0 Å². The van der Waals surface area contributed by atoms with Gasteiger partial charge in [-0.3, -0.25) is 4.79 Å². The van der Waals surface area contributed by atoms with Crippen molar-refractivity contribution in [3.8, 4) is 5.69 Å². The molecule has 8 heteroatoms. The molecule has 1 amide bonds. The molecular formula is C16H14N4O3S. The van der Waals surface area contributed by atoms with Crippen LogP contribution >= 0.6 is 0 Å². The molecule has 0 radical (unpaired) electrons. The van der Waals surface area contributed by atoms with Gasteiger partial charge in [0.15, 0.2) is 9.84 Å². The molecule has 2 aromatic carbocycles. The zero-order valence-corrected chi connectivity index (χ0v) is 13.6. The number of nitrogens with one attached hydrogen (secondary N) is 1. The van der Waals surface area contributed by atoms with Crippen LogP contribution in [0.1, 0.15) is 10.4 Å². The molecule has 122 valence electrons. The maximum Gasteiger partial charge on any atom is 0.255 e. The number of sulfone groups is 1. The molecule has 3 rings (SSSR count). The van der Waals surface area contributed by atoms with Crippen LogP contribution in [-0.4, -0.2) is 35.3 Å². The van der Waals surface area contributed by atoms with Crippen molar-refractivity contribution < 1.29 is 13.2 Å². The van der Waals surface area contributed by atoms with Gasteiger partial charge in [-0.1, -0.05) is 0 Å². The Morgan fingerprint density at radius 2 is 1.71 bits per heavy atom. The van der Waals surface area contributed by atoms with Gasteiger partial charge in [0.1, 0.15) is 12.7 Å². The zero-order chi connectivity index (χ0) is 17.2. The first-order valence-electron chi connectivity index (χ1n) is 7.00. The van der Waals surface area contributed by atoms with Gasteiger partial charge in [0, 0.05) is 17.5 Å². The van der Waals surface area contributed by atoms with E-state index in [0.29, 0.717) is 11.3 Å². The zero-order valence-electron chi connectivity index (χ0n) is 12.7. The summed E-state index contributed by atoms with van der Waals surface area (Å²) < 4.78 is 24.4. The van der Waals surface area contributed by atoms with Crippen molar-refractivity contribution in [2.75, 3.05) is 11.6 Å². The number of rotatable bonds is 4. The second-order valence-electron chi connectivity index (χ2n) is 5.14. The van der Waals surface area contributed by atoms with Crippen molar-refractivity contribution in [2.45, 2.75) is 4.90 Å². The monoisotopic (exact) mass is 342 g/mol. The van der Waals surface area contributed by atoms with Crippen LogP contribution in [0.3, 0.4) is 0 Å². The van der Waals surface area contributed by atoms with Crippen LogP contribution in [0.25, 0.3) is 5.69 Å². The number of carbonyl (C=O) groups excluding carboxylic acids is 1. The molecule has 1 heterocycles. The van der Waals surface area contributed by atoms with Gasteiger partial charge in [0.05, 0.1) is 10.6 Å². The van der Waals surface area contributed by atoms with E-state index in [-0.39, 0.29) is 10.8 Å². The molecular weight excluding hydrogens is 328 g/mol. The number of carbonyl (C=O) groups is 1. The molecule has 7 nitrogen and oxygen atoms in total. The van der Waals surface area contributed by atoms with Crippen LogP contribution in [0.4, 0.5) is 5.69 Å². The Bertz CT molecular complexity index is 948. The third-order valence-electron chi connectivity index (χ3n) is 3.35. The predicted molar refractivity (Wildman–Crippen MR) is 88.9 cm³/mol. The lowest BCUT2D eigenvalue weighted by atomic mass is 10.2. The maximum absolute atomic E-state index is 12.2. The molecule has 0 aliphatic carbocycles. The van der Waals surface area contributed by atoms with Crippen molar-refractivity contribution in [1.29, 1.82) is 0 Å². The highest BCUT2D eigenvalue weighted by Gasteiger charge is 2.09. The SMILES string of the molecule is CS(=O)(=O)c1ccc(NC(=O)c2ccc(-n3cncn3)cc2)cc1. The normalized spacial score (nSPS) is 11.2. The highest BCUT2D eigenvalue weighted by Crippen LogP contribution is 2.15. The van der Waals surface area contributed by atoms with Gasteiger partial charge in [0.25, 0.3) is 5.91 Å². The van der Waals surface area contributed by atoms with Gasteiger partial charge in [-0.25, -0.2) is 18.1 Å². The minimum absolute atomic E-state index is 0.206. The average molecular weight is 342 g/mol. The standard InChI is InChI=1S/C16H14N4O3S/c1-24(22,23)15-8-4-13(5-9-15)19-16(21)12-2-6-14(7-3-12)20-11-17-10-18-20/h2-11H,1H3,(H,19,21). The molecule has 1 aromatic heterocycles. The smallest absolute Gasteiger partial charge is 0.255 e. The second-order valence-corrected chi connectivity index (χ2v) is 7.15. The summed E-state index contributed by atoms with van der Waals surface area (Å²) in [5.74, 6) is -0.285. The van der Waals surface area contributed by atoms with Gasteiger partial charge >= 0.3 is 0 Å². The van der Waals surface area contributed by atoms with E-state index in [0.717, 1.165) is 11.9 Å². The lowest BCUT2D eigenvalue weighted by molar-refractivity contribution is 0.102. The van der Waals surface area contributed by atoms with Gasteiger partial charge < -0.3 is 5.32 Å². The van der Waals surface area contributed by atoms with E-state index in [4.69, 9.17) is 0 Å². The summed E-state index contributed by atoms with van der Waals surface area (Å²) in [6.45, 7) is 0. The van der Waals surface area contributed by atoms with E-state index in [1.54, 1.807) is 47.4 Å². The number of amides is 1. The Hall–Kier alpha value is -3.00. The summed E-state index contributed by atoms with van der Waals surface area (Å²) in [5, 5.41) is 6.74. The van der Waals surface area contributed by atoms with Crippen molar-refractivity contribution in [3.63, 3.8) is 0 Å². The fourth-order valence-electron chi connectivity index (χ4n) is 2.10. The first-order chi connectivity index (χ1) is 11.4. The van der Waals surface area contributed by atoms with Gasteiger partial charge in [-0.2, -0.15) is 5.10 Å². The molecule has 3 aromatic rings. The van der Waals surface area contributed by atoms with E-state index >= 15 is 0 Å². The van der Waals surface area contributed by atoms with E-state index in [1.807, 2.05) is 0 Å². The van der Waals surface area contributed by atoms with E-state index in [2.05, 4.69) is 15.4 Å². The molecule has 1 N–H and O–H groups in total. The Kier molecular flexibility index (Phi) is 4.13. The topological polar surface area (TPSA) is 94.0 Å². The average Bonchev–Trinajstić information content (AvgIpc) is 3.09. The van der Waals surface area contributed by atoms with Crippen LogP contribution in [0, 0.1) is 0 Å². The molecule has 0 atom stereocenters. The number of hydrogen-bond donors (Lipinski definition) is 1. The van der Waals surface area contributed by atoms with Crippen LogP contribution in [-0.2, 0) is 9.84 Å². The summed E-state index contributed by atoms with van der Waals surface area (Å²) in [4.78, 5) is 16.3. The Labute approximate surface area is 138 Å². The third-order valence-corrected chi connectivity index (χ3v) is 4.48. The van der Waals surface area contributed by atoms with Crippen molar-refractivity contribution in [1.82, 2.24) is 14.8 Å². The van der Waals surface area contributed by atoms with Crippen LogP contribution in [0.2, 0.25) is 0 Å². The largest absolute Gasteiger partial charge is 0.322 e. The highest BCUT2D eigenvalue weighted by atomic mass is 32.2. The first kappa shape index (κ1) is 15.9. The quantitative estimate of drug-likeness (QED) is 0.782. The van der Waals surface area contributed by atoms with E-state index in [1.165, 1.54) is 18.5 Å². The van der Waals surface area contributed by atoms with E-state index < -0.39 is 9.84 Å². The number of hydrogen-bond acceptors (Lipinski definition) is 5. The van der Waals surface area contributed by atoms with Crippen LogP contribution in [0.15, 0.2) is 66.1 Å². The molecule has 0 saturated carbocycles. The summed E-state index contributed by atoms with van der Waals surface area (Å²) in [6, 6.07) is 12.9. The van der Waals surface area contributed by atoms with Gasteiger partial charge in [-0.05, 0) is 48.5 Å². The molecule has 0 spiro atoms. The molecule has 0 aliphatic rings. The summed E-state index contributed by atoms with van der Waals surface area (Å²) in [5.41, 5.74) is 1.79. The number of anilines is 1. The van der Waals surface area contributed by atoms with Gasteiger partial charge in [0.2, 0.25) is 0 Å². The number of benzene rings is 2. The Morgan fingerprint density at radius 3 is 2.25 bits per heavy atom. The van der Waals surface area contributed by atoms with Gasteiger partial charge in [-0.15, -0.1) is 0 Å². The van der Waals surface area contributed by atoms with Crippen LogP contribution < -0.4 is 5.32 Å². The lowest BCUT2D eigenvalue weighted by Crippen LogP contribution is -2.12. The molecule has 0 bridgehead atoms. The molecule has 0 unspecified atom stereocenters. The number of nitrogens with zero attached hydrogens (tertiary/aromatic N) is 3. The fourth-order valence-corrected chi connectivity index (χ4v) is 2.73. The molecule has 0 saturated heterocycles. The third kappa shape index (κ3) is 3.49. The maximum atomic E-state index is 12.2. The number of aromatic nitrogens is 3. The second kappa shape index (κ2) is 6.25. The minimum atomic E-state index is -3.25.